The SMILES string of the molecule is CCOC(CN)CN(C)C(C)CO. The second-order valence-electron chi connectivity index (χ2n) is 3.28. The summed E-state index contributed by atoms with van der Waals surface area (Å²) in [4.78, 5) is 2.05. The summed E-state index contributed by atoms with van der Waals surface area (Å²) in [5.74, 6) is 0. The Kier molecular flexibility index (Phi) is 7.17. The number of nitrogens with two attached hydrogens (primary N) is 1. The van der Waals surface area contributed by atoms with Gasteiger partial charge in [0.15, 0.2) is 0 Å². The van der Waals surface area contributed by atoms with Gasteiger partial charge >= 0.3 is 0 Å². The molecular weight excluding hydrogens is 168 g/mol. The third-order valence-corrected chi connectivity index (χ3v) is 2.17. The fraction of sp³-hybridized carbons (Fsp3) is 1.00. The van der Waals surface area contributed by atoms with Crippen LogP contribution in [-0.4, -0.2) is 55.5 Å². The average molecular weight is 190 g/mol. The number of hydrogen-bond donors (Lipinski definition) is 2. The van der Waals surface area contributed by atoms with Crippen LogP contribution >= 0.6 is 0 Å². The molecule has 0 aromatic rings. The Hall–Kier alpha value is -0.160. The van der Waals surface area contributed by atoms with Crippen LogP contribution in [0.5, 0.6) is 0 Å². The van der Waals surface area contributed by atoms with Gasteiger partial charge in [-0.1, -0.05) is 0 Å². The van der Waals surface area contributed by atoms with Crippen molar-refractivity contribution in [2.24, 2.45) is 5.73 Å². The molecule has 0 amide bonds. The van der Waals surface area contributed by atoms with Crippen molar-refractivity contribution in [3.8, 4) is 0 Å². The Bertz CT molecular complexity index is 122. The van der Waals surface area contributed by atoms with Gasteiger partial charge in [-0.25, -0.2) is 0 Å². The summed E-state index contributed by atoms with van der Waals surface area (Å²) in [6, 6.07) is 0.162. The minimum atomic E-state index is 0.0731. The third kappa shape index (κ3) is 5.21. The number of aliphatic hydroxyl groups excluding tert-OH is 1. The third-order valence-electron chi connectivity index (χ3n) is 2.17. The number of hydrogen-bond acceptors (Lipinski definition) is 4. The van der Waals surface area contributed by atoms with E-state index < -0.39 is 0 Å². The lowest BCUT2D eigenvalue weighted by atomic mass is 10.2. The standard InChI is InChI=1S/C9H22N2O2/c1-4-13-9(5-10)6-11(3)8(2)7-12/h8-9,12H,4-7,10H2,1-3H3. The zero-order chi connectivity index (χ0) is 10.3. The van der Waals surface area contributed by atoms with Crippen LogP contribution in [0.3, 0.4) is 0 Å². The monoisotopic (exact) mass is 190 g/mol. The van der Waals surface area contributed by atoms with E-state index in [1.54, 1.807) is 0 Å². The molecule has 80 valence electrons. The Morgan fingerprint density at radius 2 is 2.15 bits per heavy atom. The largest absolute Gasteiger partial charge is 0.395 e. The molecule has 0 aromatic heterocycles. The highest BCUT2D eigenvalue weighted by Gasteiger charge is 2.13. The molecule has 2 atom stereocenters. The van der Waals surface area contributed by atoms with Gasteiger partial charge in [0, 0.05) is 25.7 Å². The van der Waals surface area contributed by atoms with Crippen LogP contribution in [0.2, 0.25) is 0 Å². The predicted octanol–water partition coefficient (Wildman–Crippen LogP) is -0.337. The fourth-order valence-electron chi connectivity index (χ4n) is 1.07. The predicted molar refractivity (Wildman–Crippen MR) is 53.6 cm³/mol. The molecule has 4 nitrogen and oxygen atoms in total. The van der Waals surface area contributed by atoms with Crippen LogP contribution in [0, 0.1) is 0 Å². The summed E-state index contributed by atoms with van der Waals surface area (Å²) < 4.78 is 5.41. The normalized spacial score (nSPS) is 16.2. The molecule has 0 saturated carbocycles. The maximum atomic E-state index is 8.91. The molecule has 0 bridgehead atoms. The fourth-order valence-corrected chi connectivity index (χ4v) is 1.07. The van der Waals surface area contributed by atoms with E-state index in [0.29, 0.717) is 13.2 Å². The molecule has 2 unspecified atom stereocenters. The van der Waals surface area contributed by atoms with Gasteiger partial charge in [0.1, 0.15) is 0 Å². The van der Waals surface area contributed by atoms with Crippen molar-refractivity contribution in [1.29, 1.82) is 0 Å². The lowest BCUT2D eigenvalue weighted by Gasteiger charge is -2.27. The van der Waals surface area contributed by atoms with Crippen LogP contribution in [0.25, 0.3) is 0 Å². The van der Waals surface area contributed by atoms with Gasteiger partial charge in [-0.05, 0) is 20.9 Å². The van der Waals surface area contributed by atoms with Gasteiger partial charge in [0.2, 0.25) is 0 Å². The summed E-state index contributed by atoms with van der Waals surface area (Å²) in [5.41, 5.74) is 5.53. The Balaban J connectivity index is 3.78. The molecule has 0 aromatic carbocycles. The highest BCUT2D eigenvalue weighted by Crippen LogP contribution is 1.98. The van der Waals surface area contributed by atoms with E-state index in [2.05, 4.69) is 0 Å². The van der Waals surface area contributed by atoms with Crippen molar-refractivity contribution in [3.05, 3.63) is 0 Å². The molecule has 0 spiro atoms. The topological polar surface area (TPSA) is 58.7 Å². The van der Waals surface area contributed by atoms with Crippen LogP contribution in [0.4, 0.5) is 0 Å². The molecule has 0 heterocycles. The van der Waals surface area contributed by atoms with Crippen LogP contribution in [-0.2, 0) is 4.74 Å². The van der Waals surface area contributed by atoms with Gasteiger partial charge in [-0.3, -0.25) is 4.90 Å². The lowest BCUT2D eigenvalue weighted by Crippen LogP contribution is -2.41. The number of likely N-dealkylation sites (N-methyl/N-ethyl adjacent to an activating group) is 1. The van der Waals surface area contributed by atoms with Crippen molar-refractivity contribution in [3.63, 3.8) is 0 Å². The number of ether oxygens (including phenoxy) is 1. The molecule has 0 saturated heterocycles. The summed E-state index contributed by atoms with van der Waals surface area (Å²) in [5, 5.41) is 8.91. The summed E-state index contributed by atoms with van der Waals surface area (Å²) in [6.45, 7) is 6.07. The number of nitrogens with zero attached hydrogens (tertiary/aromatic N) is 1. The van der Waals surface area contributed by atoms with Gasteiger partial charge in [0.25, 0.3) is 0 Å². The molecular formula is C9H22N2O2. The van der Waals surface area contributed by atoms with Crippen molar-refractivity contribution in [1.82, 2.24) is 4.90 Å². The highest BCUT2D eigenvalue weighted by molar-refractivity contribution is 4.68. The van der Waals surface area contributed by atoms with Gasteiger partial charge in [-0.2, -0.15) is 0 Å². The minimum Gasteiger partial charge on any atom is -0.395 e. The van der Waals surface area contributed by atoms with Gasteiger partial charge in [0.05, 0.1) is 12.7 Å². The van der Waals surface area contributed by atoms with Crippen LogP contribution in [0.15, 0.2) is 0 Å². The molecule has 0 aliphatic rings. The molecule has 4 heteroatoms. The number of aliphatic hydroxyl groups is 1. The Morgan fingerprint density at radius 1 is 1.54 bits per heavy atom. The molecule has 0 rings (SSSR count). The van der Waals surface area contributed by atoms with Gasteiger partial charge < -0.3 is 15.6 Å². The molecule has 0 aliphatic heterocycles. The number of rotatable bonds is 7. The van der Waals surface area contributed by atoms with E-state index in [1.165, 1.54) is 0 Å². The minimum absolute atomic E-state index is 0.0731. The Morgan fingerprint density at radius 3 is 2.54 bits per heavy atom. The maximum absolute atomic E-state index is 8.91. The summed E-state index contributed by atoms with van der Waals surface area (Å²) in [7, 11) is 1.96. The van der Waals surface area contributed by atoms with E-state index in [4.69, 9.17) is 15.6 Å². The second kappa shape index (κ2) is 7.26. The molecule has 0 radical (unpaired) electrons. The lowest BCUT2D eigenvalue weighted by molar-refractivity contribution is 0.0301. The van der Waals surface area contributed by atoms with E-state index in [-0.39, 0.29) is 18.8 Å². The van der Waals surface area contributed by atoms with Crippen LogP contribution in [0.1, 0.15) is 13.8 Å². The zero-order valence-corrected chi connectivity index (χ0v) is 8.86. The zero-order valence-electron chi connectivity index (χ0n) is 8.86. The van der Waals surface area contributed by atoms with Crippen LogP contribution < -0.4 is 5.73 Å². The highest BCUT2D eigenvalue weighted by atomic mass is 16.5. The smallest absolute Gasteiger partial charge is 0.0823 e. The first-order valence-electron chi connectivity index (χ1n) is 4.78. The Labute approximate surface area is 80.7 Å². The van der Waals surface area contributed by atoms with Crippen molar-refractivity contribution < 1.29 is 9.84 Å². The molecule has 3 N–H and O–H groups in total. The molecule has 13 heavy (non-hydrogen) atoms. The van der Waals surface area contributed by atoms with E-state index in [0.717, 1.165) is 6.54 Å². The quantitative estimate of drug-likeness (QED) is 0.577. The first-order valence-corrected chi connectivity index (χ1v) is 4.78. The summed E-state index contributed by atoms with van der Waals surface area (Å²) in [6.07, 6.45) is 0.0731. The van der Waals surface area contributed by atoms with E-state index in [1.807, 2.05) is 25.8 Å². The first kappa shape index (κ1) is 12.8. The molecule has 0 aliphatic carbocycles. The molecule has 0 fully saturated rings. The summed E-state index contributed by atoms with van der Waals surface area (Å²) >= 11 is 0. The van der Waals surface area contributed by atoms with Crippen molar-refractivity contribution >= 4 is 0 Å². The first-order chi connectivity index (χ1) is 6.15. The maximum Gasteiger partial charge on any atom is 0.0823 e. The van der Waals surface area contributed by atoms with Crippen molar-refractivity contribution in [2.75, 3.05) is 33.4 Å². The van der Waals surface area contributed by atoms with E-state index >= 15 is 0 Å². The van der Waals surface area contributed by atoms with E-state index in [9.17, 15) is 0 Å². The average Bonchev–Trinajstić information content (AvgIpc) is 2.15. The van der Waals surface area contributed by atoms with Crippen molar-refractivity contribution in [2.45, 2.75) is 26.0 Å². The van der Waals surface area contributed by atoms with Gasteiger partial charge in [-0.15, -0.1) is 0 Å². The second-order valence-corrected chi connectivity index (χ2v) is 3.28.